The molecule has 0 fully saturated rings. The van der Waals surface area contributed by atoms with Crippen LogP contribution in [0.5, 0.6) is 0 Å². The highest BCUT2D eigenvalue weighted by Gasteiger charge is 2.10. The summed E-state index contributed by atoms with van der Waals surface area (Å²) in [5, 5.41) is 3.92. The highest BCUT2D eigenvalue weighted by Crippen LogP contribution is 2.30. The smallest absolute Gasteiger partial charge is 0.139 e. The molecule has 0 aliphatic heterocycles. The Morgan fingerprint density at radius 1 is 1.35 bits per heavy atom. The maximum atomic E-state index is 6.02. The number of rotatable bonds is 4. The van der Waals surface area contributed by atoms with Crippen molar-refractivity contribution >= 4 is 44.9 Å². The number of aromatic nitrogens is 2. The number of halogens is 2. The van der Waals surface area contributed by atoms with Gasteiger partial charge in [0, 0.05) is 21.5 Å². The lowest BCUT2D eigenvalue weighted by molar-refractivity contribution is 0.836. The monoisotopic (exact) mass is 354 g/mol. The molecular weight excluding hydrogens is 340 g/mol. The van der Waals surface area contributed by atoms with Crippen LogP contribution in [-0.4, -0.2) is 9.97 Å². The Bertz CT molecular complexity index is 631. The van der Waals surface area contributed by atoms with Crippen molar-refractivity contribution in [2.24, 2.45) is 0 Å². The second kappa shape index (κ2) is 6.41. The zero-order valence-corrected chi connectivity index (χ0v) is 13.7. The quantitative estimate of drug-likeness (QED) is 0.848. The Morgan fingerprint density at radius 3 is 2.80 bits per heavy atom. The predicted molar refractivity (Wildman–Crippen MR) is 87.6 cm³/mol. The van der Waals surface area contributed by atoms with E-state index in [0.29, 0.717) is 16.7 Å². The molecule has 6 heteroatoms. The zero-order chi connectivity index (χ0) is 14.7. The standard InChI is InChI=1S/C14H16BrClN4/c1-3-4-12-19-13(17)8(2)14(20-12)18-11-7-9(16)5-6-10(11)15/h5-7H,3-4H2,1-2H3,(H3,17,18,19,20). The fourth-order valence-corrected chi connectivity index (χ4v) is 2.28. The number of hydrogen-bond acceptors (Lipinski definition) is 4. The van der Waals surface area contributed by atoms with E-state index in [1.54, 1.807) is 0 Å². The number of nitrogens with two attached hydrogens (primary N) is 1. The SMILES string of the molecule is CCCc1nc(N)c(C)c(Nc2cc(Cl)ccc2Br)n1. The van der Waals surface area contributed by atoms with Crippen LogP contribution in [0.3, 0.4) is 0 Å². The lowest BCUT2D eigenvalue weighted by Crippen LogP contribution is -2.07. The third-order valence-electron chi connectivity index (χ3n) is 2.88. The number of aryl methyl sites for hydroxylation is 1. The molecule has 0 spiro atoms. The molecule has 1 heterocycles. The van der Waals surface area contributed by atoms with Crippen molar-refractivity contribution in [2.75, 3.05) is 11.1 Å². The second-order valence-electron chi connectivity index (χ2n) is 4.50. The maximum Gasteiger partial charge on any atom is 0.139 e. The van der Waals surface area contributed by atoms with Crippen molar-refractivity contribution in [3.05, 3.63) is 39.1 Å². The van der Waals surface area contributed by atoms with Gasteiger partial charge in [-0.2, -0.15) is 0 Å². The number of nitrogens with one attached hydrogen (secondary N) is 1. The molecule has 0 radical (unpaired) electrons. The summed E-state index contributed by atoms with van der Waals surface area (Å²) in [6.45, 7) is 3.98. The van der Waals surface area contributed by atoms with Gasteiger partial charge in [0.1, 0.15) is 17.5 Å². The van der Waals surface area contributed by atoms with Gasteiger partial charge in [-0.15, -0.1) is 0 Å². The average Bonchev–Trinajstić information content (AvgIpc) is 2.40. The van der Waals surface area contributed by atoms with Gasteiger partial charge in [0.15, 0.2) is 0 Å². The van der Waals surface area contributed by atoms with Crippen LogP contribution in [0.4, 0.5) is 17.3 Å². The first kappa shape index (κ1) is 15.1. The van der Waals surface area contributed by atoms with E-state index in [1.165, 1.54) is 0 Å². The van der Waals surface area contributed by atoms with E-state index in [0.717, 1.165) is 34.4 Å². The molecule has 0 saturated heterocycles. The largest absolute Gasteiger partial charge is 0.383 e. The van der Waals surface area contributed by atoms with Gasteiger partial charge in [0.2, 0.25) is 0 Å². The number of nitrogen functional groups attached to an aromatic ring is 1. The predicted octanol–water partition coefficient (Wildman–Crippen LogP) is 4.48. The normalized spacial score (nSPS) is 10.6. The Hall–Kier alpha value is -1.33. The van der Waals surface area contributed by atoms with E-state index in [9.17, 15) is 0 Å². The van der Waals surface area contributed by atoms with Crippen molar-refractivity contribution in [1.82, 2.24) is 9.97 Å². The molecular formula is C14H16BrClN4. The molecule has 0 amide bonds. The van der Waals surface area contributed by atoms with E-state index in [2.05, 4.69) is 38.1 Å². The summed E-state index contributed by atoms with van der Waals surface area (Å²) in [4.78, 5) is 8.82. The summed E-state index contributed by atoms with van der Waals surface area (Å²) >= 11 is 9.50. The van der Waals surface area contributed by atoms with E-state index >= 15 is 0 Å². The van der Waals surface area contributed by atoms with Crippen molar-refractivity contribution in [3.63, 3.8) is 0 Å². The molecule has 4 nitrogen and oxygen atoms in total. The molecule has 20 heavy (non-hydrogen) atoms. The first-order valence-corrected chi connectivity index (χ1v) is 7.53. The third kappa shape index (κ3) is 3.41. The molecule has 1 aromatic carbocycles. The summed E-state index contributed by atoms with van der Waals surface area (Å²) < 4.78 is 0.913. The maximum absolute atomic E-state index is 6.02. The van der Waals surface area contributed by atoms with Gasteiger partial charge < -0.3 is 11.1 Å². The van der Waals surface area contributed by atoms with Crippen molar-refractivity contribution in [3.8, 4) is 0 Å². The van der Waals surface area contributed by atoms with Crippen LogP contribution in [0, 0.1) is 6.92 Å². The molecule has 0 aliphatic carbocycles. The summed E-state index contributed by atoms with van der Waals surface area (Å²) in [5.74, 6) is 1.96. The van der Waals surface area contributed by atoms with Crippen molar-refractivity contribution in [1.29, 1.82) is 0 Å². The van der Waals surface area contributed by atoms with Crippen LogP contribution in [-0.2, 0) is 6.42 Å². The molecule has 0 saturated carbocycles. The van der Waals surface area contributed by atoms with E-state index < -0.39 is 0 Å². The number of anilines is 3. The van der Waals surface area contributed by atoms with Crippen LogP contribution in [0.25, 0.3) is 0 Å². The van der Waals surface area contributed by atoms with Crippen LogP contribution < -0.4 is 11.1 Å². The van der Waals surface area contributed by atoms with E-state index in [1.807, 2.05) is 25.1 Å². The van der Waals surface area contributed by atoms with Crippen molar-refractivity contribution in [2.45, 2.75) is 26.7 Å². The summed E-state index contributed by atoms with van der Waals surface area (Å²) in [6.07, 6.45) is 1.78. The number of hydrogen-bond donors (Lipinski definition) is 2. The summed E-state index contributed by atoms with van der Waals surface area (Å²) in [5.41, 5.74) is 7.62. The van der Waals surface area contributed by atoms with E-state index in [-0.39, 0.29) is 0 Å². The minimum atomic E-state index is 0.504. The van der Waals surface area contributed by atoms with Gasteiger partial charge in [0.05, 0.1) is 5.69 Å². The lowest BCUT2D eigenvalue weighted by Gasteiger charge is -2.13. The number of benzene rings is 1. The molecule has 2 aromatic rings. The van der Waals surface area contributed by atoms with Gasteiger partial charge in [-0.1, -0.05) is 18.5 Å². The Kier molecular flexibility index (Phi) is 4.83. The van der Waals surface area contributed by atoms with Crippen LogP contribution in [0.2, 0.25) is 5.02 Å². The molecule has 0 atom stereocenters. The molecule has 3 N–H and O–H groups in total. The van der Waals surface area contributed by atoms with Crippen LogP contribution in [0.1, 0.15) is 24.7 Å². The van der Waals surface area contributed by atoms with Crippen LogP contribution >= 0.6 is 27.5 Å². The Labute approximate surface area is 131 Å². The average molecular weight is 356 g/mol. The first-order valence-electron chi connectivity index (χ1n) is 6.36. The summed E-state index contributed by atoms with van der Waals surface area (Å²) in [7, 11) is 0. The van der Waals surface area contributed by atoms with Crippen LogP contribution in [0.15, 0.2) is 22.7 Å². The second-order valence-corrected chi connectivity index (χ2v) is 5.79. The lowest BCUT2D eigenvalue weighted by atomic mass is 10.2. The summed E-state index contributed by atoms with van der Waals surface area (Å²) in [6, 6.07) is 5.54. The fraction of sp³-hybridized carbons (Fsp3) is 0.286. The third-order valence-corrected chi connectivity index (χ3v) is 3.81. The van der Waals surface area contributed by atoms with Crippen molar-refractivity contribution < 1.29 is 0 Å². The molecule has 0 unspecified atom stereocenters. The Morgan fingerprint density at radius 2 is 2.10 bits per heavy atom. The minimum absolute atomic E-state index is 0.504. The minimum Gasteiger partial charge on any atom is -0.383 e. The molecule has 106 valence electrons. The highest BCUT2D eigenvalue weighted by atomic mass is 79.9. The van der Waals surface area contributed by atoms with E-state index in [4.69, 9.17) is 17.3 Å². The molecule has 1 aromatic heterocycles. The van der Waals surface area contributed by atoms with Gasteiger partial charge >= 0.3 is 0 Å². The highest BCUT2D eigenvalue weighted by molar-refractivity contribution is 9.10. The van der Waals surface area contributed by atoms with Gasteiger partial charge in [-0.3, -0.25) is 0 Å². The zero-order valence-electron chi connectivity index (χ0n) is 11.4. The first-order chi connectivity index (χ1) is 9.51. The van der Waals surface area contributed by atoms with Gasteiger partial charge in [0.25, 0.3) is 0 Å². The fourth-order valence-electron chi connectivity index (χ4n) is 1.76. The molecule has 0 aliphatic rings. The molecule has 0 bridgehead atoms. The topological polar surface area (TPSA) is 63.8 Å². The molecule has 2 rings (SSSR count). The Balaban J connectivity index is 2.39. The van der Waals surface area contributed by atoms with Gasteiger partial charge in [-0.25, -0.2) is 9.97 Å². The van der Waals surface area contributed by atoms with Gasteiger partial charge in [-0.05, 0) is 47.5 Å². The number of nitrogens with zero attached hydrogens (tertiary/aromatic N) is 2.